The molecule has 0 radical (unpaired) electrons. The fourth-order valence-electron chi connectivity index (χ4n) is 0.989. The first-order chi connectivity index (χ1) is 6.13. The number of hydrogen-bond donors (Lipinski definition) is 1. The van der Waals surface area contributed by atoms with E-state index in [2.05, 4.69) is 4.74 Å². The minimum absolute atomic E-state index is 0.165. The van der Waals surface area contributed by atoms with Crippen LogP contribution in [0.4, 0.5) is 0 Å². The van der Waals surface area contributed by atoms with Crippen molar-refractivity contribution in [2.45, 2.75) is 19.4 Å². The monoisotopic (exact) mass is 184 g/mol. The van der Waals surface area contributed by atoms with E-state index < -0.39 is 12.1 Å². The third-order valence-electron chi connectivity index (χ3n) is 1.54. The van der Waals surface area contributed by atoms with Crippen molar-refractivity contribution in [3.8, 4) is 0 Å². The summed E-state index contributed by atoms with van der Waals surface area (Å²) >= 11 is 0. The van der Waals surface area contributed by atoms with Gasteiger partial charge in [-0.05, 0) is 19.1 Å². The minimum Gasteiger partial charge on any atom is -0.463 e. The summed E-state index contributed by atoms with van der Waals surface area (Å²) in [5.74, 6) is 0.241. The van der Waals surface area contributed by atoms with E-state index >= 15 is 0 Å². The van der Waals surface area contributed by atoms with Crippen molar-refractivity contribution in [1.82, 2.24) is 0 Å². The second-order valence-electron chi connectivity index (χ2n) is 2.81. The fourth-order valence-corrected chi connectivity index (χ4v) is 0.989. The molecule has 0 amide bonds. The van der Waals surface area contributed by atoms with Crippen LogP contribution in [0, 0.1) is 0 Å². The van der Waals surface area contributed by atoms with E-state index in [1.54, 1.807) is 13.0 Å². The summed E-state index contributed by atoms with van der Waals surface area (Å²) in [6.45, 7) is 1.65. The Morgan fingerprint density at radius 3 is 2.92 bits per heavy atom. The number of hydrogen-bond acceptors (Lipinski definition) is 4. The molecule has 0 saturated heterocycles. The molecule has 1 atom stereocenters. The molecule has 72 valence electrons. The zero-order valence-electron chi connectivity index (χ0n) is 7.61. The quantitative estimate of drug-likeness (QED) is 0.711. The van der Waals surface area contributed by atoms with Crippen LogP contribution in [0.3, 0.4) is 0 Å². The standard InChI is InChI=1S/C9H12O4/c1-6(10)5-7-3-4-8(13-7)9(11)12-2/h3-4,6,10H,5H2,1-2H3/t6-/m1/s1. The van der Waals surface area contributed by atoms with Crippen LogP contribution in [-0.2, 0) is 11.2 Å². The molecule has 0 spiro atoms. The maximum absolute atomic E-state index is 10.9. The predicted molar refractivity (Wildman–Crippen MR) is 45.4 cm³/mol. The van der Waals surface area contributed by atoms with E-state index in [1.165, 1.54) is 13.2 Å². The van der Waals surface area contributed by atoms with Gasteiger partial charge in [0.1, 0.15) is 5.76 Å². The Morgan fingerprint density at radius 2 is 2.38 bits per heavy atom. The number of esters is 1. The molecule has 0 bridgehead atoms. The van der Waals surface area contributed by atoms with Crippen molar-refractivity contribution in [2.75, 3.05) is 7.11 Å². The summed E-state index contributed by atoms with van der Waals surface area (Å²) in [6, 6.07) is 3.18. The highest BCUT2D eigenvalue weighted by atomic mass is 16.5. The van der Waals surface area contributed by atoms with Gasteiger partial charge in [-0.15, -0.1) is 0 Å². The van der Waals surface area contributed by atoms with Crippen LogP contribution in [0.1, 0.15) is 23.2 Å². The number of aliphatic hydroxyl groups is 1. The minimum atomic E-state index is -0.503. The first kappa shape index (κ1) is 9.80. The summed E-state index contributed by atoms with van der Waals surface area (Å²) in [5.41, 5.74) is 0. The zero-order chi connectivity index (χ0) is 9.84. The van der Waals surface area contributed by atoms with Crippen LogP contribution in [0.25, 0.3) is 0 Å². The van der Waals surface area contributed by atoms with Gasteiger partial charge in [-0.25, -0.2) is 4.79 Å². The number of carbonyl (C=O) groups is 1. The summed E-state index contributed by atoms with van der Waals surface area (Å²) in [6.07, 6.45) is -0.0755. The molecular formula is C9H12O4. The van der Waals surface area contributed by atoms with Gasteiger partial charge in [-0.3, -0.25) is 0 Å². The molecule has 1 rings (SSSR count). The highest BCUT2D eigenvalue weighted by molar-refractivity contribution is 5.86. The van der Waals surface area contributed by atoms with Crippen molar-refractivity contribution in [3.05, 3.63) is 23.7 Å². The lowest BCUT2D eigenvalue weighted by Gasteiger charge is -1.99. The van der Waals surface area contributed by atoms with Crippen LogP contribution in [0.15, 0.2) is 16.5 Å². The van der Waals surface area contributed by atoms with Gasteiger partial charge in [0.2, 0.25) is 5.76 Å². The highest BCUT2D eigenvalue weighted by Gasteiger charge is 2.11. The van der Waals surface area contributed by atoms with E-state index in [1.807, 2.05) is 0 Å². The number of furan rings is 1. The van der Waals surface area contributed by atoms with Gasteiger partial charge < -0.3 is 14.3 Å². The molecule has 0 aliphatic heterocycles. The molecule has 0 saturated carbocycles. The topological polar surface area (TPSA) is 59.7 Å². The van der Waals surface area contributed by atoms with Gasteiger partial charge in [0, 0.05) is 6.42 Å². The largest absolute Gasteiger partial charge is 0.463 e. The molecular weight excluding hydrogens is 172 g/mol. The van der Waals surface area contributed by atoms with Crippen molar-refractivity contribution >= 4 is 5.97 Å². The van der Waals surface area contributed by atoms with E-state index in [0.29, 0.717) is 12.2 Å². The molecule has 1 heterocycles. The highest BCUT2D eigenvalue weighted by Crippen LogP contribution is 2.10. The normalized spacial score (nSPS) is 12.5. The molecule has 4 heteroatoms. The third kappa shape index (κ3) is 2.59. The van der Waals surface area contributed by atoms with E-state index in [-0.39, 0.29) is 5.76 Å². The third-order valence-corrected chi connectivity index (χ3v) is 1.54. The van der Waals surface area contributed by atoms with Gasteiger partial charge >= 0.3 is 5.97 Å². The maximum Gasteiger partial charge on any atom is 0.373 e. The summed E-state index contributed by atoms with van der Waals surface area (Å²) in [7, 11) is 1.29. The Labute approximate surface area is 76.1 Å². The molecule has 4 nitrogen and oxygen atoms in total. The lowest BCUT2D eigenvalue weighted by atomic mass is 10.2. The molecule has 1 N–H and O–H groups in total. The van der Waals surface area contributed by atoms with Gasteiger partial charge in [0.05, 0.1) is 13.2 Å². The average molecular weight is 184 g/mol. The number of ether oxygens (including phenoxy) is 1. The zero-order valence-corrected chi connectivity index (χ0v) is 7.61. The molecule has 0 aromatic carbocycles. The van der Waals surface area contributed by atoms with E-state index in [0.717, 1.165) is 0 Å². The van der Waals surface area contributed by atoms with Crippen molar-refractivity contribution < 1.29 is 19.1 Å². The summed E-state index contributed by atoms with van der Waals surface area (Å²) in [4.78, 5) is 10.9. The number of carbonyl (C=O) groups excluding carboxylic acids is 1. The average Bonchev–Trinajstić information content (AvgIpc) is 2.50. The number of methoxy groups -OCH3 is 1. The van der Waals surface area contributed by atoms with Gasteiger partial charge in [-0.1, -0.05) is 0 Å². The van der Waals surface area contributed by atoms with Crippen LogP contribution in [0.5, 0.6) is 0 Å². The van der Waals surface area contributed by atoms with Crippen LogP contribution in [0.2, 0.25) is 0 Å². The molecule has 0 unspecified atom stereocenters. The molecule has 0 fully saturated rings. The lowest BCUT2D eigenvalue weighted by molar-refractivity contribution is 0.0561. The van der Waals surface area contributed by atoms with E-state index in [4.69, 9.17) is 9.52 Å². The van der Waals surface area contributed by atoms with E-state index in [9.17, 15) is 4.79 Å². The van der Waals surface area contributed by atoms with Crippen molar-refractivity contribution in [2.24, 2.45) is 0 Å². The second-order valence-corrected chi connectivity index (χ2v) is 2.81. The van der Waals surface area contributed by atoms with Gasteiger partial charge in [0.15, 0.2) is 0 Å². The van der Waals surface area contributed by atoms with Gasteiger partial charge in [0.25, 0.3) is 0 Å². The predicted octanol–water partition coefficient (Wildman–Crippen LogP) is 0.990. The Morgan fingerprint density at radius 1 is 1.69 bits per heavy atom. The summed E-state index contributed by atoms with van der Waals surface area (Å²) < 4.78 is 9.57. The van der Waals surface area contributed by atoms with Crippen LogP contribution >= 0.6 is 0 Å². The Hall–Kier alpha value is -1.29. The lowest BCUT2D eigenvalue weighted by Crippen LogP contribution is -2.03. The second kappa shape index (κ2) is 4.09. The van der Waals surface area contributed by atoms with Crippen molar-refractivity contribution in [1.29, 1.82) is 0 Å². The maximum atomic E-state index is 10.9. The molecule has 1 aromatic heterocycles. The molecule has 0 aliphatic rings. The first-order valence-electron chi connectivity index (χ1n) is 3.98. The SMILES string of the molecule is COC(=O)c1ccc(C[C@@H](C)O)o1. The fraction of sp³-hybridized carbons (Fsp3) is 0.444. The molecule has 0 aliphatic carbocycles. The Kier molecular flexibility index (Phi) is 3.08. The van der Waals surface area contributed by atoms with Crippen LogP contribution in [-0.4, -0.2) is 24.3 Å². The molecule has 13 heavy (non-hydrogen) atoms. The summed E-state index contributed by atoms with van der Waals surface area (Å²) in [5, 5.41) is 9.03. The molecule has 1 aromatic rings. The smallest absolute Gasteiger partial charge is 0.373 e. The number of aliphatic hydroxyl groups excluding tert-OH is 1. The first-order valence-corrected chi connectivity index (χ1v) is 3.98. The van der Waals surface area contributed by atoms with Crippen LogP contribution < -0.4 is 0 Å². The Balaban J connectivity index is 2.69. The van der Waals surface area contributed by atoms with Crippen molar-refractivity contribution in [3.63, 3.8) is 0 Å². The Bertz CT molecular complexity index is 288. The van der Waals surface area contributed by atoms with Gasteiger partial charge in [-0.2, -0.15) is 0 Å². The number of rotatable bonds is 3.